The van der Waals surface area contributed by atoms with E-state index in [1.807, 2.05) is 0 Å². The summed E-state index contributed by atoms with van der Waals surface area (Å²) in [5, 5.41) is 0. The van der Waals surface area contributed by atoms with E-state index >= 15 is 0 Å². The highest BCUT2D eigenvalue weighted by molar-refractivity contribution is 5.49. The highest BCUT2D eigenvalue weighted by Gasteiger charge is 2.40. The minimum atomic E-state index is 0.718. The molecule has 120 valence electrons. The van der Waals surface area contributed by atoms with Gasteiger partial charge in [0.25, 0.3) is 0 Å². The van der Waals surface area contributed by atoms with Crippen molar-refractivity contribution < 1.29 is 4.74 Å². The van der Waals surface area contributed by atoms with Gasteiger partial charge in [-0.05, 0) is 55.2 Å². The molecule has 1 aromatic heterocycles. The lowest BCUT2D eigenvalue weighted by atomic mass is 10.0. The molecule has 4 nitrogen and oxygen atoms in total. The van der Waals surface area contributed by atoms with Crippen molar-refractivity contribution in [2.45, 2.75) is 18.8 Å². The van der Waals surface area contributed by atoms with Crippen LogP contribution in [0.2, 0.25) is 0 Å². The Hall–Kier alpha value is -1.13. The summed E-state index contributed by atoms with van der Waals surface area (Å²) in [6, 6.07) is 2.40. The summed E-state index contributed by atoms with van der Waals surface area (Å²) in [6.07, 6.45) is 6.63. The molecule has 0 N–H and O–H groups in total. The Morgan fingerprint density at radius 3 is 2.68 bits per heavy atom. The third-order valence-corrected chi connectivity index (χ3v) is 5.82. The van der Waals surface area contributed by atoms with E-state index in [1.165, 1.54) is 50.3 Å². The van der Waals surface area contributed by atoms with Crippen molar-refractivity contribution in [1.29, 1.82) is 0 Å². The van der Waals surface area contributed by atoms with Gasteiger partial charge in [0.15, 0.2) is 0 Å². The number of fused-ring (bicyclic) bond motifs is 1. The number of anilines is 1. The molecule has 1 aromatic rings. The first-order valence-corrected chi connectivity index (χ1v) is 8.62. The molecule has 3 fully saturated rings. The fourth-order valence-corrected chi connectivity index (χ4v) is 4.50. The van der Waals surface area contributed by atoms with Gasteiger partial charge in [-0.25, -0.2) is 0 Å². The summed E-state index contributed by atoms with van der Waals surface area (Å²) in [5.41, 5.74) is 2.78. The summed E-state index contributed by atoms with van der Waals surface area (Å²) in [6.45, 7) is 5.82. The predicted octanol–water partition coefficient (Wildman–Crippen LogP) is 2.22. The molecule has 2 saturated heterocycles. The fourth-order valence-electron chi connectivity index (χ4n) is 4.50. The van der Waals surface area contributed by atoms with Gasteiger partial charge in [-0.3, -0.25) is 4.98 Å². The number of likely N-dealkylation sites (tertiary alicyclic amines) is 1. The molecule has 3 aliphatic rings. The van der Waals surface area contributed by atoms with E-state index in [0.29, 0.717) is 0 Å². The SMILES string of the molecule is COCC[C@H]1C[C@@H]1c1cncc(N2C[C@H]3CN(C)C[C@H]3C2)c1. The van der Waals surface area contributed by atoms with Gasteiger partial charge in [0.05, 0.1) is 11.9 Å². The van der Waals surface area contributed by atoms with E-state index in [4.69, 9.17) is 4.74 Å². The van der Waals surface area contributed by atoms with Crippen molar-refractivity contribution in [1.82, 2.24) is 9.88 Å². The summed E-state index contributed by atoms with van der Waals surface area (Å²) in [5.74, 6) is 3.23. The van der Waals surface area contributed by atoms with Crippen LogP contribution in [0.4, 0.5) is 5.69 Å². The number of hydrogen-bond acceptors (Lipinski definition) is 4. The van der Waals surface area contributed by atoms with Gasteiger partial charge in [-0.15, -0.1) is 0 Å². The number of ether oxygens (including phenoxy) is 1. The molecule has 0 radical (unpaired) electrons. The summed E-state index contributed by atoms with van der Waals surface area (Å²) in [7, 11) is 4.04. The average molecular weight is 301 g/mol. The molecule has 22 heavy (non-hydrogen) atoms. The molecule has 4 rings (SSSR count). The zero-order chi connectivity index (χ0) is 15.1. The molecule has 4 heteroatoms. The maximum Gasteiger partial charge on any atom is 0.0555 e. The van der Waals surface area contributed by atoms with E-state index < -0.39 is 0 Å². The molecule has 2 aliphatic heterocycles. The highest BCUT2D eigenvalue weighted by Crippen LogP contribution is 2.50. The minimum absolute atomic E-state index is 0.718. The summed E-state index contributed by atoms with van der Waals surface area (Å²) in [4.78, 5) is 9.57. The van der Waals surface area contributed by atoms with E-state index in [9.17, 15) is 0 Å². The lowest BCUT2D eigenvalue weighted by molar-refractivity contribution is 0.189. The Balaban J connectivity index is 1.41. The monoisotopic (exact) mass is 301 g/mol. The van der Waals surface area contributed by atoms with Crippen LogP contribution >= 0.6 is 0 Å². The van der Waals surface area contributed by atoms with Crippen molar-refractivity contribution in [2.75, 3.05) is 51.8 Å². The molecule has 0 bridgehead atoms. The Bertz CT molecular complexity index is 521. The zero-order valence-corrected chi connectivity index (χ0v) is 13.7. The minimum Gasteiger partial charge on any atom is -0.385 e. The van der Waals surface area contributed by atoms with Crippen molar-refractivity contribution in [2.24, 2.45) is 17.8 Å². The third kappa shape index (κ3) is 2.74. The van der Waals surface area contributed by atoms with E-state index in [2.05, 4.69) is 40.3 Å². The molecule has 0 amide bonds. The lowest BCUT2D eigenvalue weighted by Crippen LogP contribution is -2.26. The van der Waals surface area contributed by atoms with Gasteiger partial charge in [0.1, 0.15) is 0 Å². The van der Waals surface area contributed by atoms with Crippen LogP contribution in [-0.4, -0.2) is 56.8 Å². The molecule has 0 spiro atoms. The lowest BCUT2D eigenvalue weighted by Gasteiger charge is -2.21. The largest absolute Gasteiger partial charge is 0.385 e. The first kappa shape index (κ1) is 14.5. The van der Waals surface area contributed by atoms with Crippen LogP contribution in [0.15, 0.2) is 18.5 Å². The number of pyridine rings is 1. The average Bonchev–Trinajstić information content (AvgIpc) is 3.07. The quantitative estimate of drug-likeness (QED) is 0.834. The number of methoxy groups -OCH3 is 1. The highest BCUT2D eigenvalue weighted by atomic mass is 16.5. The van der Waals surface area contributed by atoms with E-state index in [0.717, 1.165) is 30.3 Å². The second-order valence-electron chi connectivity index (χ2n) is 7.51. The van der Waals surface area contributed by atoms with Crippen LogP contribution < -0.4 is 4.90 Å². The predicted molar refractivity (Wildman–Crippen MR) is 88.3 cm³/mol. The molecular formula is C18H27N3O. The van der Waals surface area contributed by atoms with Gasteiger partial charge in [-0.2, -0.15) is 0 Å². The van der Waals surface area contributed by atoms with Crippen molar-refractivity contribution in [3.8, 4) is 0 Å². The van der Waals surface area contributed by atoms with Gasteiger partial charge < -0.3 is 14.5 Å². The number of hydrogen-bond donors (Lipinski definition) is 0. The van der Waals surface area contributed by atoms with Crippen LogP contribution in [0.5, 0.6) is 0 Å². The Kier molecular flexibility index (Phi) is 3.82. The Morgan fingerprint density at radius 2 is 1.95 bits per heavy atom. The van der Waals surface area contributed by atoms with E-state index in [-0.39, 0.29) is 0 Å². The summed E-state index contributed by atoms with van der Waals surface area (Å²) < 4.78 is 5.21. The molecule has 0 unspecified atom stereocenters. The van der Waals surface area contributed by atoms with Gasteiger partial charge in [0, 0.05) is 46.1 Å². The number of rotatable bonds is 5. The van der Waals surface area contributed by atoms with Crippen LogP contribution in [0.25, 0.3) is 0 Å². The molecule has 4 atom stereocenters. The number of nitrogens with zero attached hydrogens (tertiary/aromatic N) is 3. The first-order chi connectivity index (χ1) is 10.7. The normalized spacial score (nSPS) is 34.2. The van der Waals surface area contributed by atoms with Crippen molar-refractivity contribution in [3.63, 3.8) is 0 Å². The van der Waals surface area contributed by atoms with Gasteiger partial charge in [0.2, 0.25) is 0 Å². The van der Waals surface area contributed by atoms with Crippen LogP contribution in [-0.2, 0) is 4.74 Å². The Morgan fingerprint density at radius 1 is 1.18 bits per heavy atom. The topological polar surface area (TPSA) is 28.6 Å². The maximum absolute atomic E-state index is 5.21. The summed E-state index contributed by atoms with van der Waals surface area (Å²) >= 11 is 0. The third-order valence-electron chi connectivity index (χ3n) is 5.82. The van der Waals surface area contributed by atoms with E-state index in [1.54, 1.807) is 7.11 Å². The second kappa shape index (κ2) is 5.82. The van der Waals surface area contributed by atoms with Gasteiger partial charge >= 0.3 is 0 Å². The second-order valence-corrected chi connectivity index (χ2v) is 7.51. The smallest absolute Gasteiger partial charge is 0.0555 e. The molecule has 1 saturated carbocycles. The van der Waals surface area contributed by atoms with Gasteiger partial charge in [-0.1, -0.05) is 0 Å². The Labute approximate surface area is 133 Å². The molecule has 3 heterocycles. The van der Waals surface area contributed by atoms with Crippen molar-refractivity contribution >= 4 is 5.69 Å². The van der Waals surface area contributed by atoms with Crippen LogP contribution in [0.1, 0.15) is 24.3 Å². The molecule has 0 aromatic carbocycles. The first-order valence-electron chi connectivity index (χ1n) is 8.62. The molecule has 1 aliphatic carbocycles. The maximum atomic E-state index is 5.21. The van der Waals surface area contributed by atoms with Crippen LogP contribution in [0.3, 0.4) is 0 Å². The standard InChI is InChI=1S/C18H27N3O/c1-20-9-15-11-21(12-16(15)10-20)17-5-14(7-19-8-17)18-6-13(18)3-4-22-2/h5,7-8,13,15-16,18H,3-4,6,9-12H2,1-2H3/t13-,15-,16+,18-/m0/s1. The molecular weight excluding hydrogens is 274 g/mol. The fraction of sp³-hybridized carbons (Fsp3) is 0.722. The van der Waals surface area contributed by atoms with Crippen molar-refractivity contribution in [3.05, 3.63) is 24.0 Å². The number of aromatic nitrogens is 1. The van der Waals surface area contributed by atoms with Crippen LogP contribution in [0, 0.1) is 17.8 Å². The zero-order valence-electron chi connectivity index (χ0n) is 13.7.